The zero-order valence-corrected chi connectivity index (χ0v) is 43.0. The van der Waals surface area contributed by atoms with Crippen LogP contribution < -0.4 is 42.5 Å². The Balaban J connectivity index is 1.38. The Morgan fingerprint density at radius 3 is 1.64 bits per heavy atom. The lowest BCUT2D eigenvalue weighted by Gasteiger charge is -2.30. The number of carbonyl (C=O) groups excluding carboxylic acids is 5. The minimum atomic E-state index is -1.75. The topological polar surface area (TPSA) is 412 Å². The van der Waals surface area contributed by atoms with Crippen LogP contribution >= 0.6 is 0 Å². The first-order valence-corrected chi connectivity index (χ1v) is 25.5. The maximum Gasteiger partial charge on any atom is 0.328 e. The van der Waals surface area contributed by atoms with Crippen molar-refractivity contribution in [3.8, 4) is 0 Å². The molecule has 27 nitrogen and oxygen atoms in total. The van der Waals surface area contributed by atoms with Crippen molar-refractivity contribution in [1.29, 1.82) is 0 Å². The van der Waals surface area contributed by atoms with E-state index in [2.05, 4.69) is 42.5 Å². The highest BCUT2D eigenvalue weighted by Crippen LogP contribution is 2.31. The van der Waals surface area contributed by atoms with E-state index in [4.69, 9.17) is 15.3 Å². The highest BCUT2D eigenvalue weighted by Gasteiger charge is 2.32. The number of amides is 6. The molecule has 0 saturated heterocycles. The van der Waals surface area contributed by atoms with Gasteiger partial charge in [-0.25, -0.2) is 14.4 Å². The van der Waals surface area contributed by atoms with Gasteiger partial charge in [0.2, 0.25) is 23.6 Å². The molecule has 0 aliphatic heterocycles. The molecule has 0 radical (unpaired) electrons. The van der Waals surface area contributed by atoms with Crippen LogP contribution in [0.1, 0.15) is 50.5 Å². The molecule has 1 fully saturated rings. The molecule has 1 unspecified atom stereocenters. The van der Waals surface area contributed by atoms with Crippen molar-refractivity contribution in [3.05, 3.63) is 60.2 Å². The Hall–Kier alpha value is -8.01. The molecule has 3 atom stereocenters. The van der Waals surface area contributed by atoms with Gasteiger partial charge < -0.3 is 73.2 Å². The van der Waals surface area contributed by atoms with E-state index < -0.39 is 96.7 Å². The monoisotopic (exact) mass is 1090 g/mol. The first-order chi connectivity index (χ1) is 37.2. The molecule has 0 bridgehead atoms. The number of nitrogens with one attached hydrogen (secondary N) is 8. The first-order valence-electron chi connectivity index (χ1n) is 25.5. The Bertz CT molecular complexity index is 2540. The lowest BCUT2D eigenvalue weighted by molar-refractivity contribution is -0.141. The molecule has 1 saturated carbocycles. The number of hydrogen-bond donors (Lipinski definition) is 14. The average molecular weight is 1100 g/mol. The molecule has 3 aromatic carbocycles. The Morgan fingerprint density at radius 2 is 1.10 bits per heavy atom. The van der Waals surface area contributed by atoms with Gasteiger partial charge in [0.05, 0.1) is 32.7 Å². The number of carboxylic acids is 6. The van der Waals surface area contributed by atoms with Crippen LogP contribution in [0.25, 0.3) is 21.5 Å². The van der Waals surface area contributed by atoms with Gasteiger partial charge in [-0.05, 0) is 77.6 Å². The van der Waals surface area contributed by atoms with Crippen molar-refractivity contribution in [3.63, 3.8) is 0 Å². The fourth-order valence-corrected chi connectivity index (χ4v) is 8.90. The quantitative estimate of drug-likeness (QED) is 0.0237. The van der Waals surface area contributed by atoms with Crippen LogP contribution in [-0.2, 0) is 54.4 Å². The number of hydrogen-bond acceptors (Lipinski definition) is 15. The molecule has 14 N–H and O–H groups in total. The number of rotatable bonds is 36. The van der Waals surface area contributed by atoms with Gasteiger partial charge >= 0.3 is 41.8 Å². The summed E-state index contributed by atoms with van der Waals surface area (Å²) in [5, 5.41) is 79.1. The maximum absolute atomic E-state index is 14.1. The summed E-state index contributed by atoms with van der Waals surface area (Å²) in [7, 11) is 0. The van der Waals surface area contributed by atoms with Crippen molar-refractivity contribution < 1.29 is 83.4 Å². The van der Waals surface area contributed by atoms with E-state index in [-0.39, 0.29) is 110 Å². The van der Waals surface area contributed by atoms with E-state index in [0.29, 0.717) is 25.7 Å². The third kappa shape index (κ3) is 22.7. The van der Waals surface area contributed by atoms with Gasteiger partial charge in [0.25, 0.3) is 0 Å². The summed E-state index contributed by atoms with van der Waals surface area (Å²) in [6.45, 7) is -0.712. The summed E-state index contributed by atoms with van der Waals surface area (Å²) in [4.78, 5) is 138. The third-order valence-corrected chi connectivity index (χ3v) is 13.0. The predicted molar refractivity (Wildman–Crippen MR) is 279 cm³/mol. The van der Waals surface area contributed by atoms with E-state index in [1.165, 1.54) is 0 Å². The Morgan fingerprint density at radius 1 is 0.551 bits per heavy atom. The smallest absolute Gasteiger partial charge is 0.328 e. The Labute approximate surface area is 448 Å². The molecule has 3 aromatic rings. The second kappa shape index (κ2) is 32.5. The zero-order chi connectivity index (χ0) is 57.1. The molecule has 4 rings (SSSR count). The SMILES string of the molecule is O=C(O)CCC[C@H](NC(=O)NC(CNC(=O)CNC(=O)[C@H](Cc1c2ccccc2cc2ccccc12)NC(=O)C1CCC(CNC(=O)CN(CCNCC(=O)O)CCN(CCNCC(=O)O)CC(=O)O)CC1)C(=O)O)C(=O)O. The van der Waals surface area contributed by atoms with Gasteiger partial charge in [0, 0.05) is 71.1 Å². The van der Waals surface area contributed by atoms with Crippen LogP contribution in [-0.4, -0.2) is 209 Å². The lowest BCUT2D eigenvalue weighted by atomic mass is 9.81. The van der Waals surface area contributed by atoms with Crippen molar-refractivity contribution in [1.82, 2.24) is 52.3 Å². The molecule has 426 valence electrons. The predicted octanol–water partition coefficient (Wildman–Crippen LogP) is -1.33. The van der Waals surface area contributed by atoms with Gasteiger partial charge in [0.1, 0.15) is 18.1 Å². The summed E-state index contributed by atoms with van der Waals surface area (Å²) >= 11 is 0. The fourth-order valence-electron chi connectivity index (χ4n) is 8.90. The molecule has 1 aliphatic carbocycles. The van der Waals surface area contributed by atoms with Crippen LogP contribution in [0.3, 0.4) is 0 Å². The number of nitrogens with zero attached hydrogens (tertiary/aromatic N) is 2. The number of aliphatic carboxylic acids is 6. The van der Waals surface area contributed by atoms with Crippen molar-refractivity contribution in [2.24, 2.45) is 11.8 Å². The maximum atomic E-state index is 14.1. The van der Waals surface area contributed by atoms with Crippen molar-refractivity contribution in [2.75, 3.05) is 85.1 Å². The molecule has 0 aromatic heterocycles. The summed E-state index contributed by atoms with van der Waals surface area (Å²) < 4.78 is 0. The van der Waals surface area contributed by atoms with Crippen LogP contribution in [0.5, 0.6) is 0 Å². The molecule has 0 spiro atoms. The van der Waals surface area contributed by atoms with E-state index in [9.17, 15) is 68.1 Å². The van der Waals surface area contributed by atoms with Crippen LogP contribution in [0.2, 0.25) is 0 Å². The number of urea groups is 1. The van der Waals surface area contributed by atoms with E-state index in [1.54, 1.807) is 9.80 Å². The number of carbonyl (C=O) groups is 11. The molecule has 0 heterocycles. The molecule has 78 heavy (non-hydrogen) atoms. The van der Waals surface area contributed by atoms with Gasteiger partial charge in [-0.15, -0.1) is 0 Å². The van der Waals surface area contributed by atoms with E-state index in [0.717, 1.165) is 27.1 Å². The van der Waals surface area contributed by atoms with Crippen molar-refractivity contribution in [2.45, 2.75) is 69.5 Å². The number of fused-ring (bicyclic) bond motifs is 2. The van der Waals surface area contributed by atoms with Gasteiger partial charge in [-0.2, -0.15) is 0 Å². The highest BCUT2D eigenvalue weighted by molar-refractivity contribution is 6.03. The Kier molecular flexibility index (Phi) is 26.1. The minimum absolute atomic E-state index is 0.00439. The molecular formula is C51H70N10O17. The van der Waals surface area contributed by atoms with Crippen LogP contribution in [0.15, 0.2) is 54.6 Å². The minimum Gasteiger partial charge on any atom is -0.481 e. The molecular weight excluding hydrogens is 1020 g/mol. The largest absolute Gasteiger partial charge is 0.481 e. The van der Waals surface area contributed by atoms with Crippen LogP contribution in [0, 0.1) is 11.8 Å². The van der Waals surface area contributed by atoms with E-state index in [1.807, 2.05) is 54.6 Å². The van der Waals surface area contributed by atoms with E-state index >= 15 is 0 Å². The fraction of sp³-hybridized carbons (Fsp3) is 0.510. The molecule has 27 heteroatoms. The second-order valence-corrected chi connectivity index (χ2v) is 18.9. The van der Waals surface area contributed by atoms with Crippen LogP contribution in [0.4, 0.5) is 4.79 Å². The molecule has 6 amide bonds. The normalized spacial score (nSPS) is 15.4. The number of benzene rings is 3. The van der Waals surface area contributed by atoms with Gasteiger partial charge in [-0.1, -0.05) is 48.5 Å². The third-order valence-electron chi connectivity index (χ3n) is 13.0. The molecule has 1 aliphatic rings. The average Bonchev–Trinajstić information content (AvgIpc) is 3.45. The summed E-state index contributed by atoms with van der Waals surface area (Å²) in [5.74, 6) is -10.3. The second-order valence-electron chi connectivity index (χ2n) is 18.9. The standard InChI is InChI=1S/C51H70N10O17/c62-41(55-25-40(50(76)77)59-51(78)58-38(49(74)75)10-5-11-43(64)65)26-56-48(73)39(23-37-35-8-3-1-6-33(35)22-34-7-2-4-9-36(34)37)57-47(72)32-14-12-31(13-15-32)24-54-42(63)29-60(18-16-52-27-44(66)67)20-21-61(30-46(70)71)19-17-53-28-45(68)69/h1-4,6-9,22,31-32,38-40,52-53H,5,10-21,23-30H2,(H,54,63)(H,55,62)(H,56,73)(H,57,72)(H,64,65)(H,66,67)(H,68,69)(H,70,71)(H,74,75)(H,76,77)(H2,58,59,78)/t31?,32?,38-,39-,40?/m0/s1. The summed E-state index contributed by atoms with van der Waals surface area (Å²) in [6, 6.07) is 11.4. The van der Waals surface area contributed by atoms with Crippen molar-refractivity contribution >= 4 is 87.0 Å². The zero-order valence-electron chi connectivity index (χ0n) is 43.0. The lowest BCUT2D eigenvalue weighted by Crippen LogP contribution is -2.55. The summed E-state index contributed by atoms with van der Waals surface area (Å²) in [5.41, 5.74) is 0.756. The van der Waals surface area contributed by atoms with Gasteiger partial charge in [0.15, 0.2) is 0 Å². The first kappa shape index (κ1) is 62.5. The summed E-state index contributed by atoms with van der Waals surface area (Å²) in [6.07, 6.45) is 1.23. The number of carboxylic acid groups (broad SMARTS) is 6. The highest BCUT2D eigenvalue weighted by atomic mass is 16.4. The van der Waals surface area contributed by atoms with Gasteiger partial charge in [-0.3, -0.25) is 48.2 Å².